The van der Waals surface area contributed by atoms with E-state index in [0.29, 0.717) is 28.7 Å². The van der Waals surface area contributed by atoms with Crippen molar-refractivity contribution >= 4 is 23.1 Å². The number of ether oxygens (including phenoxy) is 2. The van der Waals surface area contributed by atoms with Gasteiger partial charge < -0.3 is 14.6 Å². The van der Waals surface area contributed by atoms with Gasteiger partial charge in [0.15, 0.2) is 0 Å². The number of carboxylic acids is 1. The van der Waals surface area contributed by atoms with E-state index in [1.807, 2.05) is 12.1 Å². The van der Waals surface area contributed by atoms with Gasteiger partial charge in [0.2, 0.25) is 0 Å². The van der Waals surface area contributed by atoms with Crippen LogP contribution >= 0.6 is 11.6 Å². The molecule has 0 aliphatic carbocycles. The number of hydrogen-bond acceptors (Lipinski definition) is 3. The van der Waals surface area contributed by atoms with Crippen molar-refractivity contribution in [1.82, 2.24) is 0 Å². The minimum Gasteiger partial charge on any atom is -0.496 e. The molecular weight excluding hydrogens is 304 g/mol. The maximum absolute atomic E-state index is 11.2. The molecule has 0 radical (unpaired) electrons. The molecule has 1 heterocycles. The van der Waals surface area contributed by atoms with Crippen molar-refractivity contribution in [2.75, 3.05) is 13.7 Å². The SMILES string of the molecule is COc1cccc(Cl)c1C1=CCOc2ccc(C(=O)O)cc21. The lowest BCUT2D eigenvalue weighted by Crippen LogP contribution is -2.08. The topological polar surface area (TPSA) is 55.8 Å². The number of halogens is 1. The summed E-state index contributed by atoms with van der Waals surface area (Å²) in [5, 5.41) is 9.73. The molecule has 2 aromatic rings. The van der Waals surface area contributed by atoms with E-state index in [1.54, 1.807) is 31.4 Å². The van der Waals surface area contributed by atoms with E-state index in [0.717, 1.165) is 11.1 Å². The quantitative estimate of drug-likeness (QED) is 0.934. The fraction of sp³-hybridized carbons (Fsp3) is 0.118. The number of methoxy groups -OCH3 is 1. The molecule has 0 atom stereocenters. The molecule has 4 nitrogen and oxygen atoms in total. The Morgan fingerprint density at radius 3 is 2.86 bits per heavy atom. The van der Waals surface area contributed by atoms with Crippen LogP contribution < -0.4 is 9.47 Å². The number of aromatic carboxylic acids is 1. The van der Waals surface area contributed by atoms with Crippen LogP contribution in [0.25, 0.3) is 5.57 Å². The van der Waals surface area contributed by atoms with Crippen molar-refractivity contribution in [3.05, 3.63) is 64.2 Å². The largest absolute Gasteiger partial charge is 0.496 e. The summed E-state index contributed by atoms with van der Waals surface area (Å²) in [7, 11) is 1.57. The summed E-state index contributed by atoms with van der Waals surface area (Å²) in [5.41, 5.74) is 2.43. The molecule has 1 N–H and O–H groups in total. The molecule has 0 bridgehead atoms. The van der Waals surface area contributed by atoms with Gasteiger partial charge in [-0.05, 0) is 42.0 Å². The lowest BCUT2D eigenvalue weighted by molar-refractivity contribution is 0.0697. The minimum atomic E-state index is -0.987. The van der Waals surface area contributed by atoms with E-state index in [2.05, 4.69) is 0 Å². The Labute approximate surface area is 132 Å². The first-order valence-corrected chi connectivity index (χ1v) is 7.03. The number of rotatable bonds is 3. The zero-order valence-corrected chi connectivity index (χ0v) is 12.6. The second kappa shape index (κ2) is 5.73. The lowest BCUT2D eigenvalue weighted by atomic mass is 9.93. The van der Waals surface area contributed by atoms with Crippen LogP contribution in [0.5, 0.6) is 11.5 Å². The maximum atomic E-state index is 11.2. The van der Waals surface area contributed by atoms with Crippen molar-refractivity contribution in [1.29, 1.82) is 0 Å². The summed E-state index contributed by atoms with van der Waals surface area (Å²) in [6, 6.07) is 10.2. The predicted molar refractivity (Wildman–Crippen MR) is 84.0 cm³/mol. The maximum Gasteiger partial charge on any atom is 0.335 e. The first kappa shape index (κ1) is 14.5. The average Bonchev–Trinajstić information content (AvgIpc) is 2.53. The Bertz CT molecular complexity index is 780. The van der Waals surface area contributed by atoms with Gasteiger partial charge in [-0.1, -0.05) is 17.7 Å². The van der Waals surface area contributed by atoms with Crippen molar-refractivity contribution in [2.45, 2.75) is 0 Å². The minimum absolute atomic E-state index is 0.196. The van der Waals surface area contributed by atoms with Gasteiger partial charge in [0, 0.05) is 11.1 Å². The third-order valence-electron chi connectivity index (χ3n) is 3.51. The second-order valence-electron chi connectivity index (χ2n) is 4.76. The summed E-state index contributed by atoms with van der Waals surface area (Å²) >= 11 is 6.33. The fourth-order valence-electron chi connectivity index (χ4n) is 2.50. The van der Waals surface area contributed by atoms with Gasteiger partial charge in [-0.3, -0.25) is 0 Å². The normalized spacial score (nSPS) is 12.9. The highest BCUT2D eigenvalue weighted by molar-refractivity contribution is 6.33. The van der Waals surface area contributed by atoms with E-state index >= 15 is 0 Å². The van der Waals surface area contributed by atoms with Crippen LogP contribution in [0.15, 0.2) is 42.5 Å². The van der Waals surface area contributed by atoms with Crippen LogP contribution in [-0.4, -0.2) is 24.8 Å². The van der Waals surface area contributed by atoms with Gasteiger partial charge in [0.25, 0.3) is 0 Å². The Morgan fingerprint density at radius 1 is 1.32 bits per heavy atom. The van der Waals surface area contributed by atoms with Crippen molar-refractivity contribution in [3.63, 3.8) is 0 Å². The number of carbonyl (C=O) groups is 1. The molecule has 3 rings (SSSR count). The number of benzene rings is 2. The molecule has 2 aromatic carbocycles. The van der Waals surface area contributed by atoms with Crippen LogP contribution in [0.4, 0.5) is 0 Å². The molecule has 0 spiro atoms. The van der Waals surface area contributed by atoms with Crippen LogP contribution in [0.1, 0.15) is 21.5 Å². The van der Waals surface area contributed by atoms with E-state index in [4.69, 9.17) is 21.1 Å². The summed E-state index contributed by atoms with van der Waals surface area (Å²) in [6.07, 6.45) is 1.87. The van der Waals surface area contributed by atoms with Crippen molar-refractivity contribution < 1.29 is 19.4 Å². The van der Waals surface area contributed by atoms with Gasteiger partial charge >= 0.3 is 5.97 Å². The molecule has 0 saturated carbocycles. The summed E-state index contributed by atoms with van der Waals surface area (Å²) in [6.45, 7) is 0.392. The van der Waals surface area contributed by atoms with Crippen LogP contribution in [-0.2, 0) is 0 Å². The lowest BCUT2D eigenvalue weighted by Gasteiger charge is -2.21. The van der Waals surface area contributed by atoms with Gasteiger partial charge in [-0.25, -0.2) is 4.79 Å². The highest BCUT2D eigenvalue weighted by atomic mass is 35.5. The third-order valence-corrected chi connectivity index (χ3v) is 3.82. The zero-order valence-electron chi connectivity index (χ0n) is 11.8. The third kappa shape index (κ3) is 2.42. The number of fused-ring (bicyclic) bond motifs is 1. The zero-order chi connectivity index (χ0) is 15.7. The Balaban J connectivity index is 2.21. The van der Waals surface area contributed by atoms with E-state index in [9.17, 15) is 9.90 Å². The van der Waals surface area contributed by atoms with E-state index < -0.39 is 5.97 Å². The molecule has 0 unspecified atom stereocenters. The summed E-state index contributed by atoms with van der Waals surface area (Å²) in [5.74, 6) is 0.274. The smallest absolute Gasteiger partial charge is 0.335 e. The van der Waals surface area contributed by atoms with Crippen molar-refractivity contribution in [2.24, 2.45) is 0 Å². The van der Waals surface area contributed by atoms with E-state index in [-0.39, 0.29) is 5.56 Å². The first-order chi connectivity index (χ1) is 10.6. The number of hydrogen-bond donors (Lipinski definition) is 1. The fourth-order valence-corrected chi connectivity index (χ4v) is 2.76. The summed E-state index contributed by atoms with van der Waals surface area (Å²) < 4.78 is 11.0. The monoisotopic (exact) mass is 316 g/mol. The molecular formula is C17H13ClO4. The molecule has 0 amide bonds. The Hall–Kier alpha value is -2.46. The standard InChI is InChI=1S/C17H13ClO4/c1-21-15-4-2-3-13(18)16(15)11-7-8-22-14-6-5-10(17(19)20)9-12(11)14/h2-7,9H,8H2,1H3,(H,19,20). The molecule has 112 valence electrons. The molecule has 22 heavy (non-hydrogen) atoms. The molecule has 1 aliphatic rings. The van der Waals surface area contributed by atoms with Crippen LogP contribution in [0.3, 0.4) is 0 Å². The second-order valence-corrected chi connectivity index (χ2v) is 5.17. The Morgan fingerprint density at radius 2 is 2.14 bits per heavy atom. The van der Waals surface area contributed by atoms with E-state index in [1.165, 1.54) is 6.07 Å². The molecule has 1 aliphatic heterocycles. The average molecular weight is 317 g/mol. The molecule has 0 aromatic heterocycles. The number of carboxylic acid groups (broad SMARTS) is 1. The van der Waals surface area contributed by atoms with Gasteiger partial charge in [0.1, 0.15) is 18.1 Å². The predicted octanol–water partition coefficient (Wildman–Crippen LogP) is 3.87. The highest BCUT2D eigenvalue weighted by Gasteiger charge is 2.22. The molecule has 0 saturated heterocycles. The van der Waals surface area contributed by atoms with Crippen LogP contribution in [0, 0.1) is 0 Å². The van der Waals surface area contributed by atoms with Gasteiger partial charge in [0.05, 0.1) is 17.7 Å². The molecule has 5 heteroatoms. The van der Waals surface area contributed by atoms with Gasteiger partial charge in [-0.2, -0.15) is 0 Å². The highest BCUT2D eigenvalue weighted by Crippen LogP contribution is 2.41. The first-order valence-electron chi connectivity index (χ1n) is 6.65. The Kier molecular flexibility index (Phi) is 3.77. The summed E-state index contributed by atoms with van der Waals surface area (Å²) in [4.78, 5) is 11.2. The van der Waals surface area contributed by atoms with Crippen LogP contribution in [0.2, 0.25) is 5.02 Å². The van der Waals surface area contributed by atoms with Crippen molar-refractivity contribution in [3.8, 4) is 11.5 Å². The van der Waals surface area contributed by atoms with Gasteiger partial charge in [-0.15, -0.1) is 0 Å². The molecule has 0 fully saturated rings.